The number of aromatic nitrogens is 1. The van der Waals surface area contributed by atoms with Gasteiger partial charge in [0.05, 0.1) is 5.56 Å². The van der Waals surface area contributed by atoms with Gasteiger partial charge in [-0.3, -0.25) is 4.98 Å². The van der Waals surface area contributed by atoms with Crippen LogP contribution < -0.4 is 0 Å². The van der Waals surface area contributed by atoms with Crippen molar-refractivity contribution >= 4 is 10.8 Å². The largest absolute Gasteiger partial charge is 0.433 e. The summed E-state index contributed by atoms with van der Waals surface area (Å²) >= 11 is 0. The zero-order valence-electron chi connectivity index (χ0n) is 8.60. The minimum absolute atomic E-state index is 0.0119. The molecule has 96 valence electrons. The first kappa shape index (κ1) is 12.7. The highest BCUT2D eigenvalue weighted by Crippen LogP contribution is 2.42. The number of fused-ring (bicyclic) bond motifs is 1. The first-order valence-corrected chi connectivity index (χ1v) is 4.73. The molecular formula is C11H5F6N. The quantitative estimate of drug-likeness (QED) is 0.648. The van der Waals surface area contributed by atoms with Gasteiger partial charge in [0.25, 0.3) is 0 Å². The van der Waals surface area contributed by atoms with Crippen molar-refractivity contribution in [2.24, 2.45) is 0 Å². The Morgan fingerprint density at radius 2 is 1.44 bits per heavy atom. The highest BCUT2D eigenvalue weighted by atomic mass is 19.4. The van der Waals surface area contributed by atoms with Gasteiger partial charge in [0.2, 0.25) is 0 Å². The SMILES string of the molecule is FC(F)(F)c1ncc2ccccc2c1C(F)(F)F. The summed E-state index contributed by atoms with van der Waals surface area (Å²) in [5.41, 5.74) is -3.65. The fraction of sp³-hybridized carbons (Fsp3) is 0.182. The molecule has 18 heavy (non-hydrogen) atoms. The third-order valence-corrected chi connectivity index (χ3v) is 2.35. The molecule has 0 radical (unpaired) electrons. The number of rotatable bonds is 0. The number of halogens is 6. The summed E-state index contributed by atoms with van der Waals surface area (Å²) in [4.78, 5) is 2.90. The van der Waals surface area contributed by atoms with Crippen LogP contribution in [0.15, 0.2) is 30.5 Å². The highest BCUT2D eigenvalue weighted by molar-refractivity contribution is 5.86. The van der Waals surface area contributed by atoms with E-state index in [0.717, 1.165) is 12.3 Å². The van der Waals surface area contributed by atoms with Gasteiger partial charge in [0, 0.05) is 11.6 Å². The molecular weight excluding hydrogens is 260 g/mol. The van der Waals surface area contributed by atoms with E-state index in [1.54, 1.807) is 0 Å². The lowest BCUT2D eigenvalue weighted by molar-refractivity contribution is -0.163. The fourth-order valence-electron chi connectivity index (χ4n) is 1.67. The van der Waals surface area contributed by atoms with Gasteiger partial charge >= 0.3 is 12.4 Å². The first-order chi connectivity index (χ1) is 8.21. The molecule has 0 amide bonds. The Hall–Kier alpha value is -1.79. The van der Waals surface area contributed by atoms with Crippen LogP contribution in [0.1, 0.15) is 11.3 Å². The summed E-state index contributed by atoms with van der Waals surface area (Å²) in [6.45, 7) is 0. The molecule has 0 saturated heterocycles. The Morgan fingerprint density at radius 3 is 2.00 bits per heavy atom. The molecule has 1 aromatic carbocycles. The molecule has 1 nitrogen and oxygen atoms in total. The third-order valence-electron chi connectivity index (χ3n) is 2.35. The van der Waals surface area contributed by atoms with Crippen LogP contribution in [0.3, 0.4) is 0 Å². The number of benzene rings is 1. The maximum atomic E-state index is 12.8. The van der Waals surface area contributed by atoms with Crippen molar-refractivity contribution in [1.82, 2.24) is 4.98 Å². The number of hydrogen-bond acceptors (Lipinski definition) is 1. The van der Waals surface area contributed by atoms with Crippen LogP contribution >= 0.6 is 0 Å². The van der Waals surface area contributed by atoms with Crippen LogP contribution in [0.4, 0.5) is 26.3 Å². The van der Waals surface area contributed by atoms with E-state index in [9.17, 15) is 26.3 Å². The van der Waals surface area contributed by atoms with E-state index in [4.69, 9.17) is 0 Å². The molecule has 0 unspecified atom stereocenters. The molecule has 0 aliphatic rings. The van der Waals surface area contributed by atoms with E-state index in [1.807, 2.05) is 0 Å². The second-order valence-corrected chi connectivity index (χ2v) is 3.56. The summed E-state index contributed by atoms with van der Waals surface area (Å²) in [6, 6.07) is 4.95. The molecule has 1 aromatic heterocycles. The summed E-state index contributed by atoms with van der Waals surface area (Å²) in [6.07, 6.45) is -9.47. The predicted octanol–water partition coefficient (Wildman–Crippen LogP) is 4.27. The first-order valence-electron chi connectivity index (χ1n) is 4.73. The van der Waals surface area contributed by atoms with Gasteiger partial charge in [-0.15, -0.1) is 0 Å². The van der Waals surface area contributed by atoms with Crippen LogP contribution in [0, 0.1) is 0 Å². The van der Waals surface area contributed by atoms with Crippen molar-refractivity contribution in [1.29, 1.82) is 0 Å². The molecule has 0 bridgehead atoms. The van der Waals surface area contributed by atoms with E-state index >= 15 is 0 Å². The van der Waals surface area contributed by atoms with E-state index in [0.29, 0.717) is 0 Å². The molecule has 0 N–H and O–H groups in total. The van der Waals surface area contributed by atoms with Crippen LogP contribution in [-0.2, 0) is 12.4 Å². The monoisotopic (exact) mass is 265 g/mol. The van der Waals surface area contributed by atoms with E-state index in [1.165, 1.54) is 18.2 Å². The van der Waals surface area contributed by atoms with Gasteiger partial charge in [0.15, 0.2) is 5.69 Å². The smallest absolute Gasteiger partial charge is 0.251 e. The Morgan fingerprint density at radius 1 is 0.833 bits per heavy atom. The third kappa shape index (κ3) is 2.12. The molecule has 0 aliphatic heterocycles. The zero-order valence-corrected chi connectivity index (χ0v) is 8.60. The van der Waals surface area contributed by atoms with Crippen molar-refractivity contribution in [2.75, 3.05) is 0 Å². The van der Waals surface area contributed by atoms with Gasteiger partial charge in [-0.25, -0.2) is 0 Å². The summed E-state index contributed by atoms with van der Waals surface area (Å²) in [5, 5.41) is -0.495. The molecule has 0 atom stereocenters. The maximum Gasteiger partial charge on any atom is 0.433 e. The van der Waals surface area contributed by atoms with Gasteiger partial charge in [0.1, 0.15) is 0 Å². The number of alkyl halides is 6. The molecule has 1 heterocycles. The van der Waals surface area contributed by atoms with Gasteiger partial charge in [-0.2, -0.15) is 26.3 Å². The van der Waals surface area contributed by atoms with E-state index in [2.05, 4.69) is 4.98 Å². The summed E-state index contributed by atoms with van der Waals surface area (Å²) < 4.78 is 75.9. The van der Waals surface area contributed by atoms with Crippen molar-refractivity contribution in [3.8, 4) is 0 Å². The standard InChI is InChI=1S/C11H5F6N/c12-10(13,14)8-7-4-2-1-3-6(7)5-18-9(8)11(15,16)17/h1-5H. The highest BCUT2D eigenvalue weighted by Gasteiger charge is 2.45. The summed E-state index contributed by atoms with van der Waals surface area (Å²) in [5.74, 6) is 0. The molecule has 2 rings (SSSR count). The van der Waals surface area contributed by atoms with Crippen LogP contribution in [0.5, 0.6) is 0 Å². The number of hydrogen-bond donors (Lipinski definition) is 0. The lowest BCUT2D eigenvalue weighted by atomic mass is 10.0. The molecule has 0 saturated carbocycles. The van der Waals surface area contributed by atoms with Crippen LogP contribution in [0.2, 0.25) is 0 Å². The van der Waals surface area contributed by atoms with Crippen molar-refractivity contribution in [2.45, 2.75) is 12.4 Å². The average Bonchev–Trinajstić information content (AvgIpc) is 2.24. The maximum absolute atomic E-state index is 12.8. The Labute approximate surface area is 97.1 Å². The normalized spacial score (nSPS) is 13.0. The van der Waals surface area contributed by atoms with Crippen LogP contribution in [-0.4, -0.2) is 4.98 Å². The Bertz CT molecular complexity index is 584. The minimum Gasteiger partial charge on any atom is -0.251 e. The molecule has 7 heteroatoms. The van der Waals surface area contributed by atoms with Gasteiger partial charge < -0.3 is 0 Å². The molecule has 0 spiro atoms. The molecule has 0 fully saturated rings. The topological polar surface area (TPSA) is 12.9 Å². The van der Waals surface area contributed by atoms with E-state index in [-0.39, 0.29) is 5.39 Å². The van der Waals surface area contributed by atoms with Crippen molar-refractivity contribution in [3.05, 3.63) is 41.7 Å². The van der Waals surface area contributed by atoms with Crippen molar-refractivity contribution in [3.63, 3.8) is 0 Å². The lowest BCUT2D eigenvalue weighted by Crippen LogP contribution is -2.18. The van der Waals surface area contributed by atoms with E-state index < -0.39 is 29.0 Å². The minimum atomic E-state index is -5.14. The fourth-order valence-corrected chi connectivity index (χ4v) is 1.67. The lowest BCUT2D eigenvalue weighted by Gasteiger charge is -2.16. The van der Waals surface area contributed by atoms with Crippen molar-refractivity contribution < 1.29 is 26.3 Å². The second kappa shape index (κ2) is 3.86. The molecule has 0 aliphatic carbocycles. The predicted molar refractivity (Wildman–Crippen MR) is 51.7 cm³/mol. The Balaban J connectivity index is 2.89. The number of nitrogens with zero attached hydrogens (tertiary/aromatic N) is 1. The number of pyridine rings is 1. The van der Waals surface area contributed by atoms with Gasteiger partial charge in [-0.1, -0.05) is 24.3 Å². The van der Waals surface area contributed by atoms with Gasteiger partial charge in [-0.05, 0) is 5.39 Å². The zero-order chi connectivity index (χ0) is 13.6. The second-order valence-electron chi connectivity index (χ2n) is 3.56. The Kier molecular flexibility index (Phi) is 2.71. The molecule has 2 aromatic rings. The van der Waals surface area contributed by atoms with Crippen LogP contribution in [0.25, 0.3) is 10.8 Å². The summed E-state index contributed by atoms with van der Waals surface area (Å²) in [7, 11) is 0. The average molecular weight is 265 g/mol.